The van der Waals surface area contributed by atoms with E-state index < -0.39 is 0 Å². The van der Waals surface area contributed by atoms with Crippen molar-refractivity contribution in [2.45, 2.75) is 39.7 Å². The van der Waals surface area contributed by atoms with E-state index in [1.54, 1.807) is 12.1 Å². The fourth-order valence-corrected chi connectivity index (χ4v) is 2.75. The average molecular weight is 289 g/mol. The van der Waals surface area contributed by atoms with Gasteiger partial charge in [-0.25, -0.2) is 4.39 Å². The maximum atomic E-state index is 13.3. The van der Waals surface area contributed by atoms with Gasteiger partial charge in [0.1, 0.15) is 5.82 Å². The lowest BCUT2D eigenvalue weighted by Gasteiger charge is -2.08. The molecule has 0 aliphatic heterocycles. The summed E-state index contributed by atoms with van der Waals surface area (Å²) in [5.74, 6) is -0.191. The van der Waals surface area contributed by atoms with E-state index >= 15 is 0 Å². The highest BCUT2D eigenvalue weighted by atomic mass is 19.1. The number of nitrogens with zero attached hydrogens (tertiary/aromatic N) is 2. The third-order valence-corrected chi connectivity index (χ3v) is 3.77. The van der Waals surface area contributed by atoms with Crippen LogP contribution >= 0.6 is 0 Å². The lowest BCUT2D eigenvalue weighted by atomic mass is 10.1. The molecule has 0 bridgehead atoms. The van der Waals surface area contributed by atoms with Gasteiger partial charge in [0.15, 0.2) is 0 Å². The number of hydrogen-bond donors (Lipinski definition) is 1. The van der Waals surface area contributed by atoms with Gasteiger partial charge in [-0.3, -0.25) is 4.68 Å². The smallest absolute Gasteiger partial charge is 0.123 e. The summed E-state index contributed by atoms with van der Waals surface area (Å²) >= 11 is 0. The largest absolute Gasteiger partial charge is 0.319 e. The van der Waals surface area contributed by atoms with Crippen molar-refractivity contribution in [2.24, 2.45) is 0 Å². The maximum absolute atomic E-state index is 13.3. The van der Waals surface area contributed by atoms with Crippen molar-refractivity contribution in [1.82, 2.24) is 15.1 Å². The number of rotatable bonds is 7. The first-order valence-corrected chi connectivity index (χ1v) is 7.66. The number of halogens is 1. The minimum Gasteiger partial charge on any atom is -0.319 e. The van der Waals surface area contributed by atoms with E-state index in [0.717, 1.165) is 31.4 Å². The van der Waals surface area contributed by atoms with Gasteiger partial charge >= 0.3 is 0 Å². The van der Waals surface area contributed by atoms with Gasteiger partial charge in [-0.05, 0) is 56.1 Å². The second-order valence-electron chi connectivity index (χ2n) is 5.22. The van der Waals surface area contributed by atoms with Crippen molar-refractivity contribution >= 4 is 0 Å². The zero-order valence-electron chi connectivity index (χ0n) is 13.1. The van der Waals surface area contributed by atoms with Crippen LogP contribution in [-0.2, 0) is 25.8 Å². The van der Waals surface area contributed by atoms with Crippen LogP contribution in [0.3, 0.4) is 0 Å². The molecule has 114 valence electrons. The van der Waals surface area contributed by atoms with Crippen LogP contribution in [0.15, 0.2) is 24.3 Å². The monoisotopic (exact) mass is 289 g/mol. The van der Waals surface area contributed by atoms with Crippen LogP contribution in [0, 0.1) is 5.82 Å². The topological polar surface area (TPSA) is 29.9 Å². The summed E-state index contributed by atoms with van der Waals surface area (Å²) in [6.07, 6.45) is 2.87. The molecule has 0 saturated heterocycles. The van der Waals surface area contributed by atoms with Gasteiger partial charge in [0.2, 0.25) is 0 Å². The molecule has 0 fully saturated rings. The van der Waals surface area contributed by atoms with Crippen LogP contribution in [0.4, 0.5) is 4.39 Å². The first-order valence-electron chi connectivity index (χ1n) is 7.66. The molecule has 2 aromatic rings. The van der Waals surface area contributed by atoms with Crippen molar-refractivity contribution < 1.29 is 4.39 Å². The predicted molar refractivity (Wildman–Crippen MR) is 84.1 cm³/mol. The summed E-state index contributed by atoms with van der Waals surface area (Å²) in [5, 5.41) is 7.94. The average Bonchev–Trinajstić information content (AvgIpc) is 2.81. The molecule has 0 unspecified atom stereocenters. The normalized spacial score (nSPS) is 11.0. The fraction of sp³-hybridized carbons (Fsp3) is 0.471. The Kier molecular flexibility index (Phi) is 5.51. The van der Waals surface area contributed by atoms with E-state index in [1.165, 1.54) is 23.0 Å². The first kappa shape index (κ1) is 15.7. The Labute approximate surface area is 126 Å². The summed E-state index contributed by atoms with van der Waals surface area (Å²) in [6.45, 7) is 5.87. The SMILES string of the molecule is CCc1nn(Cc2cccc(F)c2)c(CC)c1CCNC. The van der Waals surface area contributed by atoms with E-state index in [1.807, 2.05) is 17.8 Å². The van der Waals surface area contributed by atoms with Crippen LogP contribution in [0.1, 0.15) is 36.4 Å². The Morgan fingerprint density at radius 2 is 2.05 bits per heavy atom. The highest BCUT2D eigenvalue weighted by Crippen LogP contribution is 2.18. The molecule has 0 atom stereocenters. The van der Waals surface area contributed by atoms with Gasteiger partial charge < -0.3 is 5.32 Å². The fourth-order valence-electron chi connectivity index (χ4n) is 2.75. The standard InChI is InChI=1S/C17H24FN3/c1-4-16-15(9-10-19-3)17(5-2)21(20-16)12-13-7-6-8-14(18)11-13/h6-8,11,19H,4-5,9-10,12H2,1-3H3. The minimum absolute atomic E-state index is 0.191. The number of nitrogens with one attached hydrogen (secondary N) is 1. The third-order valence-electron chi connectivity index (χ3n) is 3.77. The van der Waals surface area contributed by atoms with E-state index in [0.29, 0.717) is 6.54 Å². The molecule has 0 amide bonds. The molecule has 0 radical (unpaired) electrons. The van der Waals surface area contributed by atoms with E-state index in [-0.39, 0.29) is 5.82 Å². The van der Waals surface area contributed by atoms with Crippen molar-refractivity contribution in [3.63, 3.8) is 0 Å². The molecule has 0 saturated carbocycles. The van der Waals surface area contributed by atoms with Crippen molar-refractivity contribution in [1.29, 1.82) is 0 Å². The van der Waals surface area contributed by atoms with Gasteiger partial charge in [0.05, 0.1) is 12.2 Å². The van der Waals surface area contributed by atoms with Crippen LogP contribution in [0.25, 0.3) is 0 Å². The zero-order valence-corrected chi connectivity index (χ0v) is 13.1. The molecular formula is C17H24FN3. The highest BCUT2D eigenvalue weighted by molar-refractivity contribution is 5.28. The minimum atomic E-state index is -0.191. The summed E-state index contributed by atoms with van der Waals surface area (Å²) in [7, 11) is 1.97. The summed E-state index contributed by atoms with van der Waals surface area (Å²) < 4.78 is 15.4. The summed E-state index contributed by atoms with van der Waals surface area (Å²) in [5.41, 5.74) is 4.74. The Morgan fingerprint density at radius 3 is 2.67 bits per heavy atom. The molecule has 4 heteroatoms. The van der Waals surface area contributed by atoms with Crippen molar-refractivity contribution in [2.75, 3.05) is 13.6 Å². The van der Waals surface area contributed by atoms with Crippen molar-refractivity contribution in [3.05, 3.63) is 52.6 Å². The maximum Gasteiger partial charge on any atom is 0.123 e. The number of likely N-dealkylation sites (N-methyl/N-ethyl adjacent to an activating group) is 1. The zero-order chi connectivity index (χ0) is 15.2. The predicted octanol–water partition coefficient (Wildman–Crippen LogP) is 2.96. The van der Waals surface area contributed by atoms with Gasteiger partial charge in [0.25, 0.3) is 0 Å². The second kappa shape index (κ2) is 7.36. The molecule has 0 aliphatic rings. The second-order valence-corrected chi connectivity index (χ2v) is 5.22. The summed E-state index contributed by atoms with van der Waals surface area (Å²) in [6, 6.07) is 6.76. The highest BCUT2D eigenvalue weighted by Gasteiger charge is 2.15. The van der Waals surface area contributed by atoms with Gasteiger partial charge in [0, 0.05) is 5.69 Å². The molecule has 1 aromatic carbocycles. The Balaban J connectivity index is 2.32. The number of benzene rings is 1. The molecule has 0 aliphatic carbocycles. The third kappa shape index (κ3) is 3.70. The molecule has 1 heterocycles. The van der Waals surface area contributed by atoms with Gasteiger partial charge in [-0.15, -0.1) is 0 Å². The van der Waals surface area contributed by atoms with Gasteiger partial charge in [-0.2, -0.15) is 5.10 Å². The Hall–Kier alpha value is -1.68. The summed E-state index contributed by atoms with van der Waals surface area (Å²) in [4.78, 5) is 0. The Bertz CT molecular complexity index is 590. The Morgan fingerprint density at radius 1 is 1.24 bits per heavy atom. The first-order chi connectivity index (χ1) is 10.2. The number of aryl methyl sites for hydroxylation is 1. The van der Waals surface area contributed by atoms with E-state index in [9.17, 15) is 4.39 Å². The molecule has 21 heavy (non-hydrogen) atoms. The lowest BCUT2D eigenvalue weighted by molar-refractivity contribution is 0.611. The van der Waals surface area contributed by atoms with Crippen LogP contribution in [0.5, 0.6) is 0 Å². The van der Waals surface area contributed by atoms with E-state index in [2.05, 4.69) is 19.2 Å². The van der Waals surface area contributed by atoms with Crippen molar-refractivity contribution in [3.8, 4) is 0 Å². The van der Waals surface area contributed by atoms with Crippen LogP contribution < -0.4 is 5.32 Å². The molecule has 1 N–H and O–H groups in total. The van der Waals surface area contributed by atoms with Gasteiger partial charge in [-0.1, -0.05) is 26.0 Å². The lowest BCUT2D eigenvalue weighted by Crippen LogP contribution is -2.12. The molecular weight excluding hydrogens is 265 g/mol. The molecule has 1 aromatic heterocycles. The molecule has 3 nitrogen and oxygen atoms in total. The van der Waals surface area contributed by atoms with Crippen LogP contribution in [0.2, 0.25) is 0 Å². The number of aromatic nitrogens is 2. The molecule has 0 spiro atoms. The molecule has 2 rings (SSSR count). The van der Waals surface area contributed by atoms with Crippen LogP contribution in [-0.4, -0.2) is 23.4 Å². The number of hydrogen-bond acceptors (Lipinski definition) is 2. The quantitative estimate of drug-likeness (QED) is 0.849. The van der Waals surface area contributed by atoms with E-state index in [4.69, 9.17) is 5.10 Å².